The van der Waals surface area contributed by atoms with Gasteiger partial charge >= 0.3 is 0 Å². The largest absolute Gasteiger partial charge is 0.300 e. The quantitative estimate of drug-likeness (QED) is 0.663. The van der Waals surface area contributed by atoms with E-state index in [0.717, 1.165) is 0 Å². The molecule has 4 heteroatoms. The van der Waals surface area contributed by atoms with E-state index in [-0.39, 0.29) is 37.2 Å². The lowest BCUT2D eigenvalue weighted by atomic mass is 9.81. The molecule has 0 radical (unpaired) electrons. The topological polar surface area (TPSA) is 81.7 Å². The van der Waals surface area contributed by atoms with Crippen molar-refractivity contribution in [2.75, 3.05) is 0 Å². The fraction of sp³-hybridized carbons (Fsp3) is 0.636. The Morgan fingerprint density at radius 2 is 1.33 bits per heavy atom. The van der Waals surface area contributed by atoms with E-state index >= 15 is 0 Å². The van der Waals surface area contributed by atoms with Gasteiger partial charge in [0.1, 0.15) is 17.0 Å². The van der Waals surface area contributed by atoms with Crippen molar-refractivity contribution in [2.24, 2.45) is 5.41 Å². The molecule has 0 aliphatic carbocycles. The number of hydrogen-bond donors (Lipinski definition) is 0. The van der Waals surface area contributed by atoms with Crippen LogP contribution >= 0.6 is 0 Å². The number of ketones is 2. The fourth-order valence-electron chi connectivity index (χ4n) is 1.15. The minimum atomic E-state index is -1.18. The van der Waals surface area contributed by atoms with Crippen LogP contribution in [-0.2, 0) is 9.59 Å². The summed E-state index contributed by atoms with van der Waals surface area (Å²) in [5, 5.41) is 17.8. The van der Waals surface area contributed by atoms with Gasteiger partial charge in [-0.2, -0.15) is 10.5 Å². The van der Waals surface area contributed by atoms with E-state index in [0.29, 0.717) is 0 Å². The average molecular weight is 206 g/mol. The first-order valence-electron chi connectivity index (χ1n) is 4.77. The Kier molecular flexibility index (Phi) is 5.26. The Balaban J connectivity index is 4.47. The Bertz CT molecular complexity index is 299. The van der Waals surface area contributed by atoms with Crippen molar-refractivity contribution >= 4 is 11.6 Å². The van der Waals surface area contributed by atoms with Crippen LogP contribution in [0.1, 0.15) is 39.5 Å². The van der Waals surface area contributed by atoms with Crippen molar-refractivity contribution < 1.29 is 9.59 Å². The van der Waals surface area contributed by atoms with E-state index in [2.05, 4.69) is 0 Å². The number of nitrogens with zero attached hydrogens (tertiary/aromatic N) is 2. The molecular formula is C11H14N2O2. The highest BCUT2D eigenvalue weighted by Gasteiger charge is 2.30. The van der Waals surface area contributed by atoms with Crippen molar-refractivity contribution in [2.45, 2.75) is 39.5 Å². The van der Waals surface area contributed by atoms with Gasteiger partial charge in [-0.15, -0.1) is 0 Å². The smallest absolute Gasteiger partial charge is 0.144 e. The van der Waals surface area contributed by atoms with Crippen molar-refractivity contribution in [3.05, 3.63) is 0 Å². The molecule has 0 saturated carbocycles. The van der Waals surface area contributed by atoms with E-state index < -0.39 is 5.41 Å². The van der Waals surface area contributed by atoms with Crippen LogP contribution in [0, 0.1) is 28.1 Å². The average Bonchev–Trinajstić information content (AvgIpc) is 2.19. The highest BCUT2D eigenvalue weighted by molar-refractivity contribution is 5.76. The number of hydrogen-bond acceptors (Lipinski definition) is 4. The fourth-order valence-corrected chi connectivity index (χ4v) is 1.15. The highest BCUT2D eigenvalue weighted by atomic mass is 16.1. The summed E-state index contributed by atoms with van der Waals surface area (Å²) in [5.41, 5.74) is -1.18. The van der Waals surface area contributed by atoms with Crippen LogP contribution in [0.25, 0.3) is 0 Å². The predicted molar refractivity (Wildman–Crippen MR) is 53.5 cm³/mol. The van der Waals surface area contributed by atoms with E-state index in [1.165, 1.54) is 13.8 Å². The third-order valence-corrected chi connectivity index (χ3v) is 2.24. The number of carbonyl (C=O) groups excluding carboxylic acids is 2. The molecule has 15 heavy (non-hydrogen) atoms. The minimum Gasteiger partial charge on any atom is -0.300 e. The van der Waals surface area contributed by atoms with Gasteiger partial charge in [0.2, 0.25) is 0 Å². The van der Waals surface area contributed by atoms with Gasteiger partial charge in [-0.05, 0) is 26.7 Å². The molecule has 0 bridgehead atoms. The lowest BCUT2D eigenvalue weighted by Gasteiger charge is -2.16. The molecule has 80 valence electrons. The molecule has 0 spiro atoms. The maximum Gasteiger partial charge on any atom is 0.144 e. The number of Topliss-reactive ketones (excluding diaryl/α,β-unsaturated/α-hetero) is 2. The standard InChI is InChI=1S/C11H14N2O2/c1-9(14)3-5-11(7-12,8-13)6-4-10(2)15/h3-6H2,1-2H3. The zero-order valence-electron chi connectivity index (χ0n) is 9.04. The van der Waals surface area contributed by atoms with E-state index in [1.54, 1.807) is 0 Å². The van der Waals surface area contributed by atoms with Crippen LogP contribution in [-0.4, -0.2) is 11.6 Å². The molecule has 0 unspecified atom stereocenters. The van der Waals surface area contributed by atoms with Crippen LogP contribution in [0.15, 0.2) is 0 Å². The molecular weight excluding hydrogens is 192 g/mol. The van der Waals surface area contributed by atoms with Crippen molar-refractivity contribution in [1.82, 2.24) is 0 Å². The molecule has 0 aliphatic rings. The summed E-state index contributed by atoms with van der Waals surface area (Å²) in [5.74, 6) is -0.0969. The first-order chi connectivity index (χ1) is 6.95. The second-order valence-corrected chi connectivity index (χ2v) is 3.71. The Morgan fingerprint density at radius 3 is 1.53 bits per heavy atom. The summed E-state index contributed by atoms with van der Waals surface area (Å²) < 4.78 is 0. The summed E-state index contributed by atoms with van der Waals surface area (Å²) in [6.45, 7) is 2.84. The Hall–Kier alpha value is -1.68. The summed E-state index contributed by atoms with van der Waals surface area (Å²) in [6, 6.07) is 3.82. The van der Waals surface area contributed by atoms with E-state index in [1.807, 2.05) is 12.1 Å². The van der Waals surface area contributed by atoms with Gasteiger partial charge in [0.15, 0.2) is 0 Å². The number of rotatable bonds is 6. The van der Waals surface area contributed by atoms with Gasteiger partial charge in [0.25, 0.3) is 0 Å². The van der Waals surface area contributed by atoms with Crippen LogP contribution < -0.4 is 0 Å². The molecule has 0 aromatic rings. The number of carbonyl (C=O) groups is 2. The third-order valence-electron chi connectivity index (χ3n) is 2.24. The molecule has 0 N–H and O–H groups in total. The molecule has 0 amide bonds. The van der Waals surface area contributed by atoms with E-state index in [4.69, 9.17) is 10.5 Å². The minimum absolute atomic E-state index is 0.0484. The van der Waals surface area contributed by atoms with Crippen molar-refractivity contribution in [3.63, 3.8) is 0 Å². The third kappa shape index (κ3) is 4.93. The zero-order chi connectivity index (χ0) is 11.9. The van der Waals surface area contributed by atoms with Crippen LogP contribution in [0.2, 0.25) is 0 Å². The monoisotopic (exact) mass is 206 g/mol. The normalized spacial score (nSPS) is 10.1. The maximum atomic E-state index is 10.8. The molecule has 0 fully saturated rings. The maximum absolute atomic E-state index is 10.8. The van der Waals surface area contributed by atoms with Crippen molar-refractivity contribution in [3.8, 4) is 12.1 Å². The molecule has 0 aromatic heterocycles. The molecule has 4 nitrogen and oxygen atoms in total. The molecule has 0 heterocycles. The zero-order valence-corrected chi connectivity index (χ0v) is 9.04. The van der Waals surface area contributed by atoms with Crippen molar-refractivity contribution in [1.29, 1.82) is 10.5 Å². The molecule has 0 aliphatic heterocycles. The van der Waals surface area contributed by atoms with Gasteiger partial charge in [-0.25, -0.2) is 0 Å². The Labute approximate surface area is 89.5 Å². The summed E-state index contributed by atoms with van der Waals surface area (Å²) in [7, 11) is 0. The van der Waals surface area contributed by atoms with Crippen LogP contribution in [0.3, 0.4) is 0 Å². The lowest BCUT2D eigenvalue weighted by molar-refractivity contribution is -0.117. The van der Waals surface area contributed by atoms with E-state index in [9.17, 15) is 9.59 Å². The van der Waals surface area contributed by atoms with Gasteiger partial charge in [0.05, 0.1) is 12.1 Å². The summed E-state index contributed by atoms with van der Waals surface area (Å²) in [4.78, 5) is 21.5. The van der Waals surface area contributed by atoms with Gasteiger partial charge in [0, 0.05) is 12.8 Å². The lowest BCUT2D eigenvalue weighted by Crippen LogP contribution is -2.18. The highest BCUT2D eigenvalue weighted by Crippen LogP contribution is 2.28. The molecule has 0 saturated heterocycles. The van der Waals surface area contributed by atoms with Crippen LogP contribution in [0.5, 0.6) is 0 Å². The summed E-state index contributed by atoms with van der Waals surface area (Å²) in [6.07, 6.45) is 0.837. The molecule has 0 atom stereocenters. The van der Waals surface area contributed by atoms with Gasteiger partial charge < -0.3 is 9.59 Å². The molecule has 0 aromatic carbocycles. The molecule has 0 rings (SSSR count). The SMILES string of the molecule is CC(=O)CCC(C#N)(C#N)CCC(C)=O. The predicted octanol–water partition coefficient (Wildman–Crippen LogP) is 1.76. The van der Waals surface area contributed by atoms with Gasteiger partial charge in [-0.3, -0.25) is 0 Å². The number of nitriles is 2. The second-order valence-electron chi connectivity index (χ2n) is 3.71. The Morgan fingerprint density at radius 1 is 1.00 bits per heavy atom. The first kappa shape index (κ1) is 13.3. The first-order valence-corrected chi connectivity index (χ1v) is 4.77. The van der Waals surface area contributed by atoms with Crippen LogP contribution in [0.4, 0.5) is 0 Å². The summed E-state index contributed by atoms with van der Waals surface area (Å²) >= 11 is 0. The van der Waals surface area contributed by atoms with Gasteiger partial charge in [-0.1, -0.05) is 0 Å². The second kappa shape index (κ2) is 5.93.